The van der Waals surface area contributed by atoms with Gasteiger partial charge in [-0.25, -0.2) is 4.98 Å². The second kappa shape index (κ2) is 4.47. The Morgan fingerprint density at radius 1 is 1.41 bits per heavy atom. The van der Waals surface area contributed by atoms with Gasteiger partial charge in [-0.1, -0.05) is 18.2 Å². The van der Waals surface area contributed by atoms with Gasteiger partial charge >= 0.3 is 0 Å². The SMILES string of the molecule is NCCc1csc(C2Cc3ccccc3O2)n1. The number of thiazole rings is 1. The maximum atomic E-state index is 5.90. The second-order valence-corrected chi connectivity index (χ2v) is 5.02. The molecule has 1 unspecified atom stereocenters. The molecule has 3 rings (SSSR count). The van der Waals surface area contributed by atoms with Crippen molar-refractivity contribution >= 4 is 11.3 Å². The predicted molar refractivity (Wildman–Crippen MR) is 68.4 cm³/mol. The van der Waals surface area contributed by atoms with Crippen molar-refractivity contribution in [3.8, 4) is 5.75 Å². The minimum absolute atomic E-state index is 0.0870. The quantitative estimate of drug-likeness (QED) is 0.904. The monoisotopic (exact) mass is 246 g/mol. The van der Waals surface area contributed by atoms with Gasteiger partial charge in [0.15, 0.2) is 6.10 Å². The first-order valence-corrected chi connectivity index (χ1v) is 6.63. The number of rotatable bonds is 3. The van der Waals surface area contributed by atoms with E-state index in [4.69, 9.17) is 10.5 Å². The van der Waals surface area contributed by atoms with E-state index in [2.05, 4.69) is 16.4 Å². The van der Waals surface area contributed by atoms with E-state index in [1.165, 1.54) is 5.56 Å². The van der Waals surface area contributed by atoms with Crippen molar-refractivity contribution in [2.45, 2.75) is 18.9 Å². The Morgan fingerprint density at radius 3 is 3.12 bits per heavy atom. The minimum Gasteiger partial charge on any atom is -0.483 e. The summed E-state index contributed by atoms with van der Waals surface area (Å²) in [6.07, 6.45) is 1.85. The number of hydrogen-bond acceptors (Lipinski definition) is 4. The van der Waals surface area contributed by atoms with E-state index >= 15 is 0 Å². The third-order valence-corrected chi connectivity index (χ3v) is 3.88. The fraction of sp³-hybridized carbons (Fsp3) is 0.308. The molecule has 0 spiro atoms. The van der Waals surface area contributed by atoms with Crippen molar-refractivity contribution < 1.29 is 4.74 Å². The molecular formula is C13H14N2OS. The summed E-state index contributed by atoms with van der Waals surface area (Å²) in [7, 11) is 0. The molecule has 1 atom stereocenters. The average Bonchev–Trinajstić information content (AvgIpc) is 2.94. The van der Waals surface area contributed by atoms with Crippen molar-refractivity contribution in [1.82, 2.24) is 4.98 Å². The van der Waals surface area contributed by atoms with Crippen molar-refractivity contribution in [2.75, 3.05) is 6.54 Å². The van der Waals surface area contributed by atoms with E-state index in [-0.39, 0.29) is 6.10 Å². The molecule has 0 fully saturated rings. The van der Waals surface area contributed by atoms with Gasteiger partial charge < -0.3 is 10.5 Å². The van der Waals surface area contributed by atoms with E-state index in [9.17, 15) is 0 Å². The molecule has 2 heterocycles. The van der Waals surface area contributed by atoms with Crippen molar-refractivity contribution in [3.05, 3.63) is 45.9 Å². The van der Waals surface area contributed by atoms with Crippen LogP contribution in [0.5, 0.6) is 5.75 Å². The average molecular weight is 246 g/mol. The molecule has 0 aliphatic carbocycles. The molecule has 1 aliphatic rings. The number of benzene rings is 1. The summed E-state index contributed by atoms with van der Waals surface area (Å²) in [4.78, 5) is 4.58. The third kappa shape index (κ3) is 2.06. The highest BCUT2D eigenvalue weighted by atomic mass is 32.1. The summed E-state index contributed by atoms with van der Waals surface area (Å²) in [6.45, 7) is 0.648. The standard InChI is InChI=1S/C13H14N2OS/c14-6-5-10-8-17-13(15-10)12-7-9-3-1-2-4-11(9)16-12/h1-4,8,12H,5-7,14H2. The fourth-order valence-electron chi connectivity index (χ4n) is 2.05. The van der Waals surface area contributed by atoms with E-state index < -0.39 is 0 Å². The molecule has 2 aromatic rings. The molecule has 0 saturated carbocycles. The fourth-order valence-corrected chi connectivity index (χ4v) is 2.93. The van der Waals surface area contributed by atoms with Gasteiger partial charge in [0.1, 0.15) is 10.8 Å². The molecule has 0 bridgehead atoms. The Hall–Kier alpha value is -1.39. The first kappa shape index (κ1) is 10.7. The Balaban J connectivity index is 1.79. The zero-order valence-corrected chi connectivity index (χ0v) is 10.2. The van der Waals surface area contributed by atoms with Crippen LogP contribution in [0.25, 0.3) is 0 Å². The van der Waals surface area contributed by atoms with Gasteiger partial charge in [0.25, 0.3) is 0 Å². The van der Waals surface area contributed by atoms with Gasteiger partial charge in [-0.2, -0.15) is 0 Å². The summed E-state index contributed by atoms with van der Waals surface area (Å²) in [6, 6.07) is 8.18. The largest absolute Gasteiger partial charge is 0.483 e. The number of nitrogens with zero attached hydrogens (tertiary/aromatic N) is 1. The van der Waals surface area contributed by atoms with Gasteiger partial charge in [-0.3, -0.25) is 0 Å². The summed E-state index contributed by atoms with van der Waals surface area (Å²) in [5.74, 6) is 0.994. The number of fused-ring (bicyclic) bond motifs is 1. The lowest BCUT2D eigenvalue weighted by Gasteiger charge is -2.06. The van der Waals surface area contributed by atoms with Gasteiger partial charge in [-0.15, -0.1) is 11.3 Å². The van der Waals surface area contributed by atoms with Crippen molar-refractivity contribution in [3.63, 3.8) is 0 Å². The molecule has 0 radical (unpaired) electrons. The minimum atomic E-state index is 0.0870. The Bertz CT molecular complexity index is 499. The molecule has 0 saturated heterocycles. The summed E-state index contributed by atoms with van der Waals surface area (Å²) in [5.41, 5.74) is 7.87. The molecule has 3 nitrogen and oxygen atoms in total. The molecular weight excluding hydrogens is 232 g/mol. The number of nitrogens with two attached hydrogens (primary N) is 1. The number of para-hydroxylation sites is 1. The highest BCUT2D eigenvalue weighted by molar-refractivity contribution is 7.09. The van der Waals surface area contributed by atoms with Gasteiger partial charge in [-0.05, 0) is 18.2 Å². The van der Waals surface area contributed by atoms with E-state index in [1.54, 1.807) is 11.3 Å². The molecule has 17 heavy (non-hydrogen) atoms. The maximum Gasteiger partial charge on any atom is 0.154 e. The molecule has 1 aromatic heterocycles. The first-order chi connectivity index (χ1) is 8.36. The van der Waals surface area contributed by atoms with Crippen LogP contribution in [0.4, 0.5) is 0 Å². The zero-order valence-electron chi connectivity index (χ0n) is 9.43. The Labute approximate surface area is 104 Å². The topological polar surface area (TPSA) is 48.1 Å². The lowest BCUT2D eigenvalue weighted by molar-refractivity contribution is 0.238. The van der Waals surface area contributed by atoms with Crippen LogP contribution in [0.1, 0.15) is 22.4 Å². The number of aromatic nitrogens is 1. The number of ether oxygens (including phenoxy) is 1. The van der Waals surface area contributed by atoms with E-state index in [0.717, 1.165) is 29.3 Å². The summed E-state index contributed by atoms with van der Waals surface area (Å²) < 4.78 is 5.90. The van der Waals surface area contributed by atoms with Gasteiger partial charge in [0.2, 0.25) is 0 Å². The lowest BCUT2D eigenvalue weighted by atomic mass is 10.1. The summed E-state index contributed by atoms with van der Waals surface area (Å²) in [5, 5.41) is 3.14. The molecule has 0 amide bonds. The normalized spacial score (nSPS) is 17.8. The van der Waals surface area contributed by atoms with E-state index in [0.29, 0.717) is 6.54 Å². The van der Waals surface area contributed by atoms with Crippen molar-refractivity contribution in [2.24, 2.45) is 5.73 Å². The second-order valence-electron chi connectivity index (χ2n) is 4.13. The summed E-state index contributed by atoms with van der Waals surface area (Å²) >= 11 is 1.67. The zero-order chi connectivity index (χ0) is 11.7. The van der Waals surface area contributed by atoms with Crippen LogP contribution in [0, 0.1) is 0 Å². The van der Waals surface area contributed by atoms with Crippen molar-refractivity contribution in [1.29, 1.82) is 0 Å². The van der Waals surface area contributed by atoms with Crippen LogP contribution in [0.3, 0.4) is 0 Å². The maximum absolute atomic E-state index is 5.90. The van der Waals surface area contributed by atoms with Crippen LogP contribution in [-0.2, 0) is 12.8 Å². The molecule has 1 aromatic carbocycles. The van der Waals surface area contributed by atoms with Crippen LogP contribution >= 0.6 is 11.3 Å². The van der Waals surface area contributed by atoms with Crippen LogP contribution in [0.15, 0.2) is 29.6 Å². The molecule has 4 heteroatoms. The van der Waals surface area contributed by atoms with E-state index in [1.807, 2.05) is 18.2 Å². The highest BCUT2D eigenvalue weighted by Gasteiger charge is 2.26. The predicted octanol–water partition coefficient (Wildman–Crippen LogP) is 2.32. The van der Waals surface area contributed by atoms with Gasteiger partial charge in [0, 0.05) is 18.2 Å². The van der Waals surface area contributed by atoms with Crippen LogP contribution in [-0.4, -0.2) is 11.5 Å². The van der Waals surface area contributed by atoms with Crippen LogP contribution < -0.4 is 10.5 Å². The highest BCUT2D eigenvalue weighted by Crippen LogP contribution is 2.37. The lowest BCUT2D eigenvalue weighted by Crippen LogP contribution is -2.05. The Kier molecular flexibility index (Phi) is 2.82. The molecule has 88 valence electrons. The Morgan fingerprint density at radius 2 is 2.29 bits per heavy atom. The van der Waals surface area contributed by atoms with Gasteiger partial charge in [0.05, 0.1) is 5.69 Å². The molecule has 2 N–H and O–H groups in total. The number of hydrogen-bond donors (Lipinski definition) is 1. The first-order valence-electron chi connectivity index (χ1n) is 5.76. The third-order valence-electron chi connectivity index (χ3n) is 2.89. The van der Waals surface area contributed by atoms with Crippen LogP contribution in [0.2, 0.25) is 0 Å². The smallest absolute Gasteiger partial charge is 0.154 e. The molecule has 1 aliphatic heterocycles.